The number of ether oxygens (including phenoxy) is 1. The molecule has 2 N–H and O–H groups in total. The fourth-order valence-electron chi connectivity index (χ4n) is 1.36. The zero-order valence-corrected chi connectivity index (χ0v) is 13.8. The van der Waals surface area contributed by atoms with E-state index < -0.39 is 17.1 Å². The molecule has 1 atom stereocenters. The van der Waals surface area contributed by atoms with Gasteiger partial charge in [0.2, 0.25) is 0 Å². The molecule has 0 rings (SSSR count). The van der Waals surface area contributed by atoms with Crippen LogP contribution in [-0.2, 0) is 14.3 Å². The number of carbonyl (C=O) groups excluding carboxylic acids is 2. The van der Waals surface area contributed by atoms with E-state index in [2.05, 4.69) is 4.74 Å². The molecule has 0 amide bonds. The van der Waals surface area contributed by atoms with Crippen molar-refractivity contribution in [3.8, 4) is 0 Å². The minimum atomic E-state index is -0.896. The minimum Gasteiger partial charge on any atom is -0.469 e. The van der Waals surface area contributed by atoms with E-state index in [1.165, 1.54) is 14.0 Å². The lowest BCUT2D eigenvalue weighted by Crippen LogP contribution is -2.32. The average Bonchev–Trinajstić information content (AvgIpc) is 2.25. The van der Waals surface area contributed by atoms with E-state index in [1.54, 1.807) is 34.6 Å². The summed E-state index contributed by atoms with van der Waals surface area (Å²) in [4.78, 5) is 21.2. The molecule has 0 spiro atoms. The average molecular weight is 290 g/mol. The summed E-state index contributed by atoms with van der Waals surface area (Å²) < 4.78 is 4.11. The fourth-order valence-corrected chi connectivity index (χ4v) is 1.36. The molecule has 1 unspecified atom stereocenters. The van der Waals surface area contributed by atoms with Gasteiger partial charge in [-0.15, -0.1) is 0 Å². The van der Waals surface area contributed by atoms with Gasteiger partial charge in [0.25, 0.3) is 0 Å². The van der Waals surface area contributed by atoms with Gasteiger partial charge in [0.15, 0.2) is 5.78 Å². The monoisotopic (exact) mass is 290 g/mol. The second-order valence-electron chi connectivity index (χ2n) is 6.53. The topological polar surface area (TPSA) is 83.8 Å². The van der Waals surface area contributed by atoms with Gasteiger partial charge in [-0.25, -0.2) is 0 Å². The van der Waals surface area contributed by atoms with E-state index in [0.29, 0.717) is 19.3 Å². The third-order valence-electron chi connectivity index (χ3n) is 2.60. The Hall–Kier alpha value is -0.940. The van der Waals surface area contributed by atoms with Crippen molar-refractivity contribution in [2.45, 2.75) is 72.5 Å². The van der Waals surface area contributed by atoms with Crippen LogP contribution in [0.4, 0.5) is 0 Å². The molecule has 0 radical (unpaired) electrons. The predicted molar refractivity (Wildman–Crippen MR) is 78.3 cm³/mol. The smallest absolute Gasteiger partial charge is 0.302 e. The third kappa shape index (κ3) is 13.5. The Balaban J connectivity index is 0. The number of esters is 1. The van der Waals surface area contributed by atoms with E-state index in [4.69, 9.17) is 0 Å². The quantitative estimate of drug-likeness (QED) is 0.757. The van der Waals surface area contributed by atoms with Gasteiger partial charge < -0.3 is 14.9 Å². The highest BCUT2D eigenvalue weighted by Crippen LogP contribution is 2.20. The fraction of sp³-hybridized carbons (Fsp3) is 0.867. The predicted octanol–water partition coefficient (Wildman–Crippen LogP) is 2.08. The number of aliphatic hydroxyl groups is 2. The molecule has 120 valence electrons. The molecule has 0 aliphatic rings. The summed E-state index contributed by atoms with van der Waals surface area (Å²) in [5, 5.41) is 19.1. The van der Waals surface area contributed by atoms with Crippen LogP contribution in [0.2, 0.25) is 0 Å². The van der Waals surface area contributed by atoms with Gasteiger partial charge in [-0.05, 0) is 33.1 Å². The molecule has 0 aromatic carbocycles. The maximum absolute atomic E-state index is 11.6. The first-order valence-electron chi connectivity index (χ1n) is 6.80. The lowest BCUT2D eigenvalue weighted by molar-refractivity contribution is -0.138. The minimum absolute atomic E-state index is 0.127. The lowest BCUT2D eigenvalue weighted by atomic mass is 9.85. The molecule has 5 heteroatoms. The molecular formula is C15H30O5. The van der Waals surface area contributed by atoms with E-state index in [9.17, 15) is 19.8 Å². The molecule has 0 saturated heterocycles. The number of hydrogen-bond donors (Lipinski definition) is 2. The Morgan fingerprint density at radius 3 is 1.80 bits per heavy atom. The zero-order valence-electron chi connectivity index (χ0n) is 13.8. The zero-order chi connectivity index (χ0) is 16.6. The summed E-state index contributed by atoms with van der Waals surface area (Å²) in [5.41, 5.74) is -1.21. The van der Waals surface area contributed by atoms with Crippen LogP contribution < -0.4 is 0 Å². The van der Waals surface area contributed by atoms with E-state index >= 15 is 0 Å². The van der Waals surface area contributed by atoms with Crippen LogP contribution in [0.25, 0.3) is 0 Å². The van der Waals surface area contributed by atoms with Crippen LogP contribution in [0.3, 0.4) is 0 Å². The summed E-state index contributed by atoms with van der Waals surface area (Å²) >= 11 is 0. The molecule has 0 fully saturated rings. The Kier molecular flexibility index (Phi) is 9.70. The number of Topliss-reactive ketones (excluding diaryl/α,β-unsaturated/α-hetero) is 1. The van der Waals surface area contributed by atoms with Crippen LogP contribution in [0.5, 0.6) is 0 Å². The highest BCUT2D eigenvalue weighted by molar-refractivity contribution is 5.87. The Labute approximate surface area is 122 Å². The Morgan fingerprint density at radius 2 is 1.55 bits per heavy atom. The van der Waals surface area contributed by atoms with Crippen molar-refractivity contribution in [1.82, 2.24) is 0 Å². The van der Waals surface area contributed by atoms with Gasteiger partial charge in [0.1, 0.15) is 6.10 Å². The van der Waals surface area contributed by atoms with Crippen LogP contribution >= 0.6 is 0 Å². The van der Waals surface area contributed by atoms with Gasteiger partial charge in [0.05, 0.1) is 12.7 Å². The third-order valence-corrected chi connectivity index (χ3v) is 2.60. The van der Waals surface area contributed by atoms with Crippen molar-refractivity contribution in [3.63, 3.8) is 0 Å². The Bertz CT molecular complexity index is 296. The molecule has 0 aliphatic heterocycles. The second-order valence-corrected chi connectivity index (χ2v) is 6.53. The highest BCUT2D eigenvalue weighted by Gasteiger charge is 2.28. The first-order chi connectivity index (χ1) is 8.81. The Morgan fingerprint density at radius 1 is 1.15 bits per heavy atom. The van der Waals surface area contributed by atoms with Crippen molar-refractivity contribution >= 4 is 11.8 Å². The summed E-state index contributed by atoms with van der Waals surface area (Å²) in [6.07, 6.45) is 0.793. The molecule has 0 saturated carbocycles. The van der Waals surface area contributed by atoms with E-state index in [-0.39, 0.29) is 11.8 Å². The maximum atomic E-state index is 11.6. The SMILES string of the molecule is CC(C)(O)CCCC(O)C(=O)C(C)(C)C.COC(C)=O. The number of carbonyl (C=O) groups is 2. The molecule has 20 heavy (non-hydrogen) atoms. The number of aliphatic hydroxyl groups excluding tert-OH is 1. The molecule has 0 aliphatic carbocycles. The van der Waals surface area contributed by atoms with Crippen molar-refractivity contribution < 1.29 is 24.5 Å². The number of methoxy groups -OCH3 is 1. The van der Waals surface area contributed by atoms with Gasteiger partial charge in [-0.3, -0.25) is 9.59 Å². The molecule has 5 nitrogen and oxygen atoms in total. The molecule has 0 heterocycles. The standard InChI is InChI=1S/C12H24O3.C3H6O2/c1-11(2,3)10(14)9(13)7-6-8-12(4,5)15;1-3(4)5-2/h9,13,15H,6-8H2,1-5H3;1-2H3. The lowest BCUT2D eigenvalue weighted by Gasteiger charge is -2.22. The van der Waals surface area contributed by atoms with Crippen LogP contribution in [0.1, 0.15) is 60.8 Å². The van der Waals surface area contributed by atoms with Gasteiger partial charge in [0, 0.05) is 12.3 Å². The van der Waals surface area contributed by atoms with Crippen molar-refractivity contribution in [3.05, 3.63) is 0 Å². The van der Waals surface area contributed by atoms with Crippen molar-refractivity contribution in [2.24, 2.45) is 5.41 Å². The van der Waals surface area contributed by atoms with Gasteiger partial charge in [-0.1, -0.05) is 20.8 Å². The van der Waals surface area contributed by atoms with E-state index in [0.717, 1.165) is 0 Å². The maximum Gasteiger partial charge on any atom is 0.302 e. The first-order valence-corrected chi connectivity index (χ1v) is 6.80. The largest absolute Gasteiger partial charge is 0.469 e. The number of rotatable bonds is 5. The van der Waals surface area contributed by atoms with Crippen LogP contribution in [0.15, 0.2) is 0 Å². The first kappa shape index (κ1) is 21.4. The van der Waals surface area contributed by atoms with E-state index in [1.807, 2.05) is 0 Å². The molecule has 0 aromatic rings. The highest BCUT2D eigenvalue weighted by atomic mass is 16.5. The van der Waals surface area contributed by atoms with Crippen molar-refractivity contribution in [1.29, 1.82) is 0 Å². The number of ketones is 1. The molecular weight excluding hydrogens is 260 g/mol. The van der Waals surface area contributed by atoms with Gasteiger partial charge in [-0.2, -0.15) is 0 Å². The summed E-state index contributed by atoms with van der Waals surface area (Å²) in [7, 11) is 1.35. The van der Waals surface area contributed by atoms with Crippen molar-refractivity contribution in [2.75, 3.05) is 7.11 Å². The summed E-state index contributed by atoms with van der Waals surface area (Å²) in [5.74, 6) is -0.372. The summed E-state index contributed by atoms with van der Waals surface area (Å²) in [6.45, 7) is 10.2. The second kappa shape index (κ2) is 9.08. The summed E-state index contributed by atoms with van der Waals surface area (Å²) in [6, 6.07) is 0. The molecule has 0 bridgehead atoms. The number of hydrogen-bond acceptors (Lipinski definition) is 5. The molecule has 0 aromatic heterocycles. The van der Waals surface area contributed by atoms with Gasteiger partial charge >= 0.3 is 5.97 Å². The van der Waals surface area contributed by atoms with Crippen LogP contribution in [0, 0.1) is 5.41 Å². The normalized spacial score (nSPS) is 13.1. The van der Waals surface area contributed by atoms with Crippen LogP contribution in [-0.4, -0.2) is 40.8 Å².